The van der Waals surface area contributed by atoms with Gasteiger partial charge >= 0.3 is 0 Å². The maximum Gasteiger partial charge on any atom is 0.0727 e. The summed E-state index contributed by atoms with van der Waals surface area (Å²) in [6.45, 7) is 3.54. The Labute approximate surface area is 84.9 Å². The average molecular weight is 202 g/mol. The Morgan fingerprint density at radius 3 is 2.92 bits per heavy atom. The molecule has 1 heterocycles. The summed E-state index contributed by atoms with van der Waals surface area (Å²) in [5, 5.41) is 8.93. The molecule has 0 aromatic heterocycles. The smallest absolute Gasteiger partial charge is 0.0727 e. The van der Waals surface area contributed by atoms with Gasteiger partial charge in [0.1, 0.15) is 0 Å². The van der Waals surface area contributed by atoms with Crippen LogP contribution in [0.2, 0.25) is 0 Å². The van der Waals surface area contributed by atoms with Crippen LogP contribution in [-0.2, 0) is 0 Å². The fourth-order valence-corrected chi connectivity index (χ4v) is 1.89. The van der Waals surface area contributed by atoms with Crippen LogP contribution in [0.4, 0.5) is 0 Å². The van der Waals surface area contributed by atoms with Gasteiger partial charge in [-0.2, -0.15) is 0 Å². The van der Waals surface area contributed by atoms with Crippen LogP contribution in [0.15, 0.2) is 0 Å². The van der Waals surface area contributed by atoms with Crippen molar-refractivity contribution in [3.8, 4) is 0 Å². The van der Waals surface area contributed by atoms with Crippen molar-refractivity contribution >= 4 is 17.2 Å². The highest BCUT2D eigenvalue weighted by Crippen LogP contribution is 2.15. The molecule has 0 saturated carbocycles. The van der Waals surface area contributed by atoms with E-state index in [0.29, 0.717) is 17.5 Å². The first kappa shape index (κ1) is 10.9. The van der Waals surface area contributed by atoms with E-state index >= 15 is 0 Å². The third-order valence-corrected chi connectivity index (χ3v) is 2.73. The fourth-order valence-electron chi connectivity index (χ4n) is 1.74. The van der Waals surface area contributed by atoms with Crippen LogP contribution < -0.4 is 5.73 Å². The number of nitrogens with zero attached hydrogens (tertiary/aromatic N) is 1. The van der Waals surface area contributed by atoms with Gasteiger partial charge in [-0.05, 0) is 38.3 Å². The molecular formula is C9H18N2OS. The van der Waals surface area contributed by atoms with Gasteiger partial charge in [-0.1, -0.05) is 12.2 Å². The molecule has 1 rings (SSSR count). The van der Waals surface area contributed by atoms with Crippen molar-refractivity contribution < 1.29 is 5.11 Å². The monoisotopic (exact) mass is 202 g/mol. The number of rotatable bonds is 5. The van der Waals surface area contributed by atoms with Gasteiger partial charge in [0.15, 0.2) is 0 Å². The van der Waals surface area contributed by atoms with Gasteiger partial charge in [-0.15, -0.1) is 0 Å². The Balaban J connectivity index is 2.07. The maximum absolute atomic E-state index is 8.93. The van der Waals surface area contributed by atoms with E-state index in [-0.39, 0.29) is 0 Å². The lowest BCUT2D eigenvalue weighted by molar-refractivity contribution is 0.221. The molecule has 3 nitrogen and oxygen atoms in total. The first-order valence-electron chi connectivity index (χ1n) is 4.84. The molecule has 1 saturated heterocycles. The van der Waals surface area contributed by atoms with E-state index in [1.807, 2.05) is 0 Å². The molecule has 1 aliphatic heterocycles. The van der Waals surface area contributed by atoms with Gasteiger partial charge in [0.05, 0.1) is 4.99 Å². The molecule has 4 heteroatoms. The summed E-state index contributed by atoms with van der Waals surface area (Å²) in [7, 11) is 0. The van der Waals surface area contributed by atoms with Gasteiger partial charge in [0.25, 0.3) is 0 Å². The lowest BCUT2D eigenvalue weighted by Gasteiger charge is -2.14. The van der Waals surface area contributed by atoms with Gasteiger partial charge in [0, 0.05) is 13.2 Å². The predicted octanol–water partition coefficient (Wildman–Crippen LogP) is 0.367. The van der Waals surface area contributed by atoms with E-state index in [1.54, 1.807) is 0 Å². The van der Waals surface area contributed by atoms with E-state index < -0.39 is 0 Å². The van der Waals surface area contributed by atoms with Crippen molar-refractivity contribution in [3.05, 3.63) is 0 Å². The van der Waals surface area contributed by atoms with E-state index in [4.69, 9.17) is 23.1 Å². The number of hydrogen-bond donors (Lipinski definition) is 2. The normalized spacial score (nSPS) is 23.6. The topological polar surface area (TPSA) is 49.5 Å². The van der Waals surface area contributed by atoms with Crippen molar-refractivity contribution in [2.24, 2.45) is 11.7 Å². The van der Waals surface area contributed by atoms with Crippen molar-refractivity contribution in [2.75, 3.05) is 26.2 Å². The van der Waals surface area contributed by atoms with E-state index in [1.165, 1.54) is 0 Å². The predicted molar refractivity (Wildman–Crippen MR) is 57.7 cm³/mol. The van der Waals surface area contributed by atoms with Gasteiger partial charge in [0.2, 0.25) is 0 Å². The van der Waals surface area contributed by atoms with Gasteiger partial charge < -0.3 is 15.7 Å². The van der Waals surface area contributed by atoms with Crippen molar-refractivity contribution in [1.29, 1.82) is 0 Å². The highest BCUT2D eigenvalue weighted by molar-refractivity contribution is 7.80. The highest BCUT2D eigenvalue weighted by atomic mass is 32.1. The fraction of sp³-hybridized carbons (Fsp3) is 0.889. The molecule has 0 bridgehead atoms. The Morgan fingerprint density at radius 1 is 1.62 bits per heavy atom. The summed E-state index contributed by atoms with van der Waals surface area (Å²) in [5.41, 5.74) is 5.40. The SMILES string of the molecule is NC(=S)CCCN1CCC(CO)C1. The molecule has 3 N–H and O–H groups in total. The third-order valence-electron chi connectivity index (χ3n) is 2.53. The Kier molecular flexibility index (Phi) is 4.62. The minimum absolute atomic E-state index is 0.325. The largest absolute Gasteiger partial charge is 0.396 e. The summed E-state index contributed by atoms with van der Waals surface area (Å²) < 4.78 is 0. The van der Waals surface area contributed by atoms with E-state index in [0.717, 1.165) is 38.9 Å². The summed E-state index contributed by atoms with van der Waals surface area (Å²) in [4.78, 5) is 2.98. The number of likely N-dealkylation sites (tertiary alicyclic amines) is 1. The zero-order valence-electron chi connectivity index (χ0n) is 7.91. The molecule has 0 aromatic rings. The van der Waals surface area contributed by atoms with Crippen LogP contribution >= 0.6 is 12.2 Å². The molecule has 0 aromatic carbocycles. The Hall–Kier alpha value is -0.190. The molecule has 0 radical (unpaired) electrons. The zero-order chi connectivity index (χ0) is 9.68. The lowest BCUT2D eigenvalue weighted by Crippen LogP contribution is -2.23. The number of thiocarbonyl (C=S) groups is 1. The van der Waals surface area contributed by atoms with Crippen LogP contribution in [0.25, 0.3) is 0 Å². The van der Waals surface area contributed by atoms with Crippen molar-refractivity contribution in [1.82, 2.24) is 4.90 Å². The van der Waals surface area contributed by atoms with Crippen LogP contribution in [0.3, 0.4) is 0 Å². The molecule has 1 atom stereocenters. The van der Waals surface area contributed by atoms with E-state index in [9.17, 15) is 0 Å². The number of aliphatic hydroxyl groups is 1. The molecule has 1 unspecified atom stereocenters. The summed E-state index contributed by atoms with van der Waals surface area (Å²) in [6.07, 6.45) is 3.02. The number of aliphatic hydroxyl groups excluding tert-OH is 1. The standard InChI is InChI=1S/C9H18N2OS/c10-9(13)2-1-4-11-5-3-8(6-11)7-12/h8,12H,1-7H2,(H2,10,13). The van der Waals surface area contributed by atoms with Crippen molar-refractivity contribution in [2.45, 2.75) is 19.3 Å². The third kappa shape index (κ3) is 4.02. The van der Waals surface area contributed by atoms with Gasteiger partial charge in [-0.25, -0.2) is 0 Å². The quantitative estimate of drug-likeness (QED) is 0.632. The maximum atomic E-state index is 8.93. The second-order valence-corrected chi connectivity index (χ2v) is 4.23. The van der Waals surface area contributed by atoms with Crippen LogP contribution in [0.5, 0.6) is 0 Å². The Bertz CT molecular complexity index is 175. The second kappa shape index (κ2) is 5.52. The van der Waals surface area contributed by atoms with Gasteiger partial charge in [-0.3, -0.25) is 0 Å². The molecule has 76 valence electrons. The lowest BCUT2D eigenvalue weighted by atomic mass is 10.1. The number of hydrogen-bond acceptors (Lipinski definition) is 3. The minimum Gasteiger partial charge on any atom is -0.396 e. The first-order valence-corrected chi connectivity index (χ1v) is 5.24. The summed E-state index contributed by atoms with van der Waals surface area (Å²) in [5.74, 6) is 0.491. The molecule has 1 fully saturated rings. The molecule has 0 aliphatic carbocycles. The first-order chi connectivity index (χ1) is 6.22. The van der Waals surface area contributed by atoms with E-state index in [2.05, 4.69) is 4.90 Å². The second-order valence-electron chi connectivity index (χ2n) is 3.71. The minimum atomic E-state index is 0.325. The summed E-state index contributed by atoms with van der Waals surface area (Å²) >= 11 is 4.80. The van der Waals surface area contributed by atoms with Crippen LogP contribution in [0.1, 0.15) is 19.3 Å². The summed E-state index contributed by atoms with van der Waals surface area (Å²) in [6, 6.07) is 0. The average Bonchev–Trinajstić information content (AvgIpc) is 2.52. The molecule has 13 heavy (non-hydrogen) atoms. The molecule has 1 aliphatic rings. The van der Waals surface area contributed by atoms with Crippen molar-refractivity contribution in [3.63, 3.8) is 0 Å². The zero-order valence-corrected chi connectivity index (χ0v) is 8.72. The Morgan fingerprint density at radius 2 is 2.38 bits per heavy atom. The molecule has 0 amide bonds. The molecular weight excluding hydrogens is 184 g/mol. The molecule has 0 spiro atoms. The highest BCUT2D eigenvalue weighted by Gasteiger charge is 2.20. The number of nitrogens with two attached hydrogens (primary N) is 1. The van der Waals surface area contributed by atoms with Crippen LogP contribution in [0, 0.1) is 5.92 Å². The van der Waals surface area contributed by atoms with Crippen LogP contribution in [-0.4, -0.2) is 41.2 Å².